The highest BCUT2D eigenvalue weighted by Gasteiger charge is 2.21. The molecule has 0 aromatic rings. The van der Waals surface area contributed by atoms with E-state index in [0.29, 0.717) is 6.42 Å². The summed E-state index contributed by atoms with van der Waals surface area (Å²) in [6.45, 7) is 2.01. The second kappa shape index (κ2) is 2.21. The van der Waals surface area contributed by atoms with Gasteiger partial charge in [-0.05, 0) is 18.4 Å². The highest BCUT2D eigenvalue weighted by atomic mass is 16.3. The Balaban J connectivity index is 2.62. The molecule has 50 valence electrons. The van der Waals surface area contributed by atoms with Crippen LogP contribution in [0, 0.1) is 5.92 Å². The van der Waals surface area contributed by atoms with Crippen LogP contribution in [0.3, 0.4) is 0 Å². The fourth-order valence-corrected chi connectivity index (χ4v) is 0.980. The fraction of sp³-hybridized carbons (Fsp3) is 0.571. The summed E-state index contributed by atoms with van der Waals surface area (Å²) in [4.78, 5) is 10.6. The van der Waals surface area contributed by atoms with Crippen LogP contribution in [0.15, 0.2) is 11.8 Å². The molecular formula is C7H10O2. The first kappa shape index (κ1) is 6.33. The lowest BCUT2D eigenvalue weighted by Gasteiger charge is -1.95. The third kappa shape index (κ3) is 1.12. The van der Waals surface area contributed by atoms with Gasteiger partial charge in [0.05, 0.1) is 0 Å². The van der Waals surface area contributed by atoms with Gasteiger partial charge in [0.25, 0.3) is 0 Å². The van der Waals surface area contributed by atoms with Gasteiger partial charge in [-0.1, -0.05) is 6.92 Å². The maximum absolute atomic E-state index is 10.6. The molecule has 0 radical (unpaired) electrons. The number of ketones is 1. The average molecular weight is 126 g/mol. The Morgan fingerprint density at radius 3 is 2.78 bits per heavy atom. The molecule has 0 aliphatic heterocycles. The molecule has 0 fully saturated rings. The molecule has 2 heteroatoms. The van der Waals surface area contributed by atoms with Gasteiger partial charge >= 0.3 is 0 Å². The van der Waals surface area contributed by atoms with E-state index in [0.717, 1.165) is 6.42 Å². The van der Waals surface area contributed by atoms with Crippen LogP contribution < -0.4 is 0 Å². The summed E-state index contributed by atoms with van der Waals surface area (Å²) in [6.07, 6.45) is 3.08. The SMILES string of the molecule is CC[C@H]1C=C(O)C(=O)C1. The number of aliphatic hydroxyl groups is 1. The Labute approximate surface area is 54.2 Å². The number of hydrogen-bond donors (Lipinski definition) is 1. The summed E-state index contributed by atoms with van der Waals surface area (Å²) in [5.41, 5.74) is 0. The molecule has 2 nitrogen and oxygen atoms in total. The molecule has 0 spiro atoms. The minimum atomic E-state index is -0.109. The van der Waals surface area contributed by atoms with Gasteiger partial charge in [0.2, 0.25) is 0 Å². The molecule has 1 N–H and O–H groups in total. The third-order valence-corrected chi connectivity index (χ3v) is 1.65. The molecule has 0 aromatic heterocycles. The van der Waals surface area contributed by atoms with Crippen molar-refractivity contribution in [1.29, 1.82) is 0 Å². The number of carbonyl (C=O) groups excluding carboxylic acids is 1. The van der Waals surface area contributed by atoms with Gasteiger partial charge in [0, 0.05) is 6.42 Å². The van der Waals surface area contributed by atoms with Crippen molar-refractivity contribution in [1.82, 2.24) is 0 Å². The van der Waals surface area contributed by atoms with Crippen molar-refractivity contribution in [2.45, 2.75) is 19.8 Å². The van der Waals surface area contributed by atoms with Gasteiger partial charge < -0.3 is 5.11 Å². The van der Waals surface area contributed by atoms with E-state index in [-0.39, 0.29) is 17.5 Å². The van der Waals surface area contributed by atoms with Crippen LogP contribution in [-0.4, -0.2) is 10.9 Å². The maximum Gasteiger partial charge on any atom is 0.197 e. The van der Waals surface area contributed by atoms with Gasteiger partial charge in [-0.2, -0.15) is 0 Å². The minimum Gasteiger partial charge on any atom is -0.505 e. The molecule has 0 aromatic carbocycles. The largest absolute Gasteiger partial charge is 0.505 e. The van der Waals surface area contributed by atoms with Crippen molar-refractivity contribution in [3.8, 4) is 0 Å². The summed E-state index contributed by atoms with van der Waals surface area (Å²) >= 11 is 0. The lowest BCUT2D eigenvalue weighted by atomic mass is 10.1. The second-order valence-electron chi connectivity index (χ2n) is 2.35. The molecule has 0 bridgehead atoms. The number of carbonyl (C=O) groups is 1. The van der Waals surface area contributed by atoms with Crippen molar-refractivity contribution in [2.24, 2.45) is 5.92 Å². The van der Waals surface area contributed by atoms with Crippen LogP contribution in [0.25, 0.3) is 0 Å². The van der Waals surface area contributed by atoms with Gasteiger partial charge in [-0.25, -0.2) is 0 Å². The lowest BCUT2D eigenvalue weighted by molar-refractivity contribution is -0.117. The summed E-state index contributed by atoms with van der Waals surface area (Å²) in [7, 11) is 0. The van der Waals surface area contributed by atoms with Gasteiger partial charge in [0.1, 0.15) is 0 Å². The van der Waals surface area contributed by atoms with Crippen molar-refractivity contribution in [2.75, 3.05) is 0 Å². The number of hydrogen-bond acceptors (Lipinski definition) is 2. The quantitative estimate of drug-likeness (QED) is 0.577. The van der Waals surface area contributed by atoms with E-state index < -0.39 is 0 Å². The van der Waals surface area contributed by atoms with Crippen LogP contribution in [-0.2, 0) is 4.79 Å². The molecule has 1 rings (SSSR count). The summed E-state index contributed by atoms with van der Waals surface area (Å²) < 4.78 is 0. The van der Waals surface area contributed by atoms with E-state index in [4.69, 9.17) is 5.11 Å². The molecule has 0 unspecified atom stereocenters. The molecule has 0 amide bonds. The van der Waals surface area contributed by atoms with E-state index >= 15 is 0 Å². The number of allylic oxidation sites excluding steroid dienone is 2. The van der Waals surface area contributed by atoms with Crippen LogP contribution in [0.4, 0.5) is 0 Å². The predicted molar refractivity (Wildman–Crippen MR) is 34.1 cm³/mol. The Kier molecular flexibility index (Phi) is 1.56. The number of Topliss-reactive ketones (excluding diaryl/α,β-unsaturated/α-hetero) is 1. The Bertz CT molecular complexity index is 158. The standard InChI is InChI=1S/C7H10O2/c1-2-5-3-6(8)7(9)4-5/h3,5,8H,2,4H2,1H3/t5-/m0/s1. The lowest BCUT2D eigenvalue weighted by Crippen LogP contribution is -1.96. The van der Waals surface area contributed by atoms with Crippen molar-refractivity contribution in [3.05, 3.63) is 11.8 Å². The number of aliphatic hydroxyl groups excluding tert-OH is 1. The smallest absolute Gasteiger partial charge is 0.197 e. The topological polar surface area (TPSA) is 37.3 Å². The zero-order valence-electron chi connectivity index (χ0n) is 5.42. The van der Waals surface area contributed by atoms with E-state index in [1.165, 1.54) is 0 Å². The van der Waals surface area contributed by atoms with Crippen molar-refractivity contribution >= 4 is 5.78 Å². The Hall–Kier alpha value is -0.790. The predicted octanol–water partition coefficient (Wildman–Crippen LogP) is 1.43. The maximum atomic E-state index is 10.6. The minimum absolute atomic E-state index is 0.0400. The highest BCUT2D eigenvalue weighted by molar-refractivity contribution is 5.95. The van der Waals surface area contributed by atoms with Crippen molar-refractivity contribution in [3.63, 3.8) is 0 Å². The van der Waals surface area contributed by atoms with E-state index in [9.17, 15) is 4.79 Å². The van der Waals surface area contributed by atoms with Gasteiger partial charge in [-0.15, -0.1) is 0 Å². The van der Waals surface area contributed by atoms with E-state index in [1.807, 2.05) is 6.92 Å². The first-order chi connectivity index (χ1) is 4.24. The van der Waals surface area contributed by atoms with Crippen molar-refractivity contribution < 1.29 is 9.90 Å². The van der Waals surface area contributed by atoms with Crippen LogP contribution >= 0.6 is 0 Å². The normalized spacial score (nSPS) is 26.6. The van der Waals surface area contributed by atoms with Crippen LogP contribution in [0.5, 0.6) is 0 Å². The molecule has 0 saturated carbocycles. The summed E-state index contributed by atoms with van der Waals surface area (Å²) in [6, 6.07) is 0. The molecule has 9 heavy (non-hydrogen) atoms. The zero-order valence-corrected chi connectivity index (χ0v) is 5.42. The average Bonchev–Trinajstić information content (AvgIpc) is 2.13. The molecule has 1 atom stereocenters. The van der Waals surface area contributed by atoms with Gasteiger partial charge in [0.15, 0.2) is 11.5 Å². The molecule has 1 aliphatic rings. The van der Waals surface area contributed by atoms with E-state index in [1.54, 1.807) is 6.08 Å². The summed E-state index contributed by atoms with van der Waals surface area (Å²) in [5, 5.41) is 8.81. The first-order valence-corrected chi connectivity index (χ1v) is 3.18. The fourth-order valence-electron chi connectivity index (χ4n) is 0.980. The molecule has 0 heterocycles. The van der Waals surface area contributed by atoms with Gasteiger partial charge in [-0.3, -0.25) is 4.79 Å². The van der Waals surface area contributed by atoms with Crippen LogP contribution in [0.2, 0.25) is 0 Å². The Morgan fingerprint density at radius 1 is 1.89 bits per heavy atom. The highest BCUT2D eigenvalue weighted by Crippen LogP contribution is 2.21. The molecule has 0 saturated heterocycles. The van der Waals surface area contributed by atoms with Crippen LogP contribution in [0.1, 0.15) is 19.8 Å². The third-order valence-electron chi connectivity index (χ3n) is 1.65. The first-order valence-electron chi connectivity index (χ1n) is 3.18. The zero-order chi connectivity index (χ0) is 6.85. The molecule has 1 aliphatic carbocycles. The second-order valence-corrected chi connectivity index (χ2v) is 2.35. The molecular weight excluding hydrogens is 116 g/mol. The van der Waals surface area contributed by atoms with E-state index in [2.05, 4.69) is 0 Å². The summed E-state index contributed by atoms with van der Waals surface area (Å²) in [5.74, 6) is 0.140. The Morgan fingerprint density at radius 2 is 2.56 bits per heavy atom. The monoisotopic (exact) mass is 126 g/mol. The number of rotatable bonds is 1.